The smallest absolute Gasteiger partial charge is 0.338 e. The van der Waals surface area contributed by atoms with Crippen LogP contribution >= 0.6 is 11.6 Å². The maximum absolute atomic E-state index is 13.1. The number of likely N-dealkylation sites (tertiary alicyclic amines) is 1. The molecule has 1 spiro atoms. The van der Waals surface area contributed by atoms with Gasteiger partial charge in [0.05, 0.1) is 30.2 Å². The molecule has 0 saturated carbocycles. The van der Waals surface area contributed by atoms with Crippen LogP contribution in [0.15, 0.2) is 36.4 Å². The van der Waals surface area contributed by atoms with Crippen LogP contribution in [0, 0.1) is 6.92 Å². The first kappa shape index (κ1) is 20.4. The van der Waals surface area contributed by atoms with Crippen LogP contribution < -0.4 is 4.74 Å². The van der Waals surface area contributed by atoms with Crippen molar-refractivity contribution in [2.75, 3.05) is 20.2 Å². The quantitative estimate of drug-likeness (QED) is 0.675. The van der Waals surface area contributed by atoms with Gasteiger partial charge >= 0.3 is 5.97 Å². The van der Waals surface area contributed by atoms with Crippen LogP contribution in [0.5, 0.6) is 5.75 Å². The summed E-state index contributed by atoms with van der Waals surface area (Å²) in [6.07, 6.45) is 1.33. The summed E-state index contributed by atoms with van der Waals surface area (Å²) in [5.41, 5.74) is 1.29. The minimum absolute atomic E-state index is 0.0117. The third kappa shape index (κ3) is 3.56. The number of ketones is 1. The molecule has 2 heterocycles. The van der Waals surface area contributed by atoms with Gasteiger partial charge in [0.15, 0.2) is 5.78 Å². The Labute approximate surface area is 179 Å². The average molecular weight is 428 g/mol. The predicted molar refractivity (Wildman–Crippen MR) is 111 cm³/mol. The lowest BCUT2D eigenvalue weighted by molar-refractivity contribution is -0.00627. The Kier molecular flexibility index (Phi) is 5.28. The van der Waals surface area contributed by atoms with Crippen LogP contribution in [0.4, 0.5) is 0 Å². The number of hydrogen-bond donors (Lipinski definition) is 0. The topological polar surface area (TPSA) is 72.9 Å². The average Bonchev–Trinajstić information content (AvgIpc) is 2.74. The molecule has 1 amide bonds. The molecule has 2 aliphatic heterocycles. The monoisotopic (exact) mass is 427 g/mol. The molecule has 0 N–H and O–H groups in total. The van der Waals surface area contributed by atoms with Crippen molar-refractivity contribution in [3.63, 3.8) is 0 Å². The number of esters is 1. The largest absolute Gasteiger partial charge is 0.486 e. The van der Waals surface area contributed by atoms with Crippen molar-refractivity contribution in [1.29, 1.82) is 0 Å². The van der Waals surface area contributed by atoms with Crippen LogP contribution in [-0.2, 0) is 4.74 Å². The maximum Gasteiger partial charge on any atom is 0.338 e. The summed E-state index contributed by atoms with van der Waals surface area (Å²) in [6.45, 7) is 2.74. The van der Waals surface area contributed by atoms with Crippen molar-refractivity contribution >= 4 is 29.3 Å². The van der Waals surface area contributed by atoms with E-state index >= 15 is 0 Å². The maximum atomic E-state index is 13.1. The van der Waals surface area contributed by atoms with Gasteiger partial charge in [-0.15, -0.1) is 0 Å². The summed E-state index contributed by atoms with van der Waals surface area (Å²) < 4.78 is 11.1. The Morgan fingerprint density at radius 3 is 2.47 bits per heavy atom. The first-order valence-corrected chi connectivity index (χ1v) is 10.2. The summed E-state index contributed by atoms with van der Waals surface area (Å²) in [4.78, 5) is 39.6. The van der Waals surface area contributed by atoms with E-state index in [1.807, 2.05) is 6.92 Å². The van der Waals surface area contributed by atoms with Crippen LogP contribution in [0.2, 0.25) is 5.02 Å². The molecule has 2 aliphatic rings. The number of benzene rings is 2. The molecule has 2 aromatic rings. The molecule has 30 heavy (non-hydrogen) atoms. The van der Waals surface area contributed by atoms with Gasteiger partial charge < -0.3 is 14.4 Å². The summed E-state index contributed by atoms with van der Waals surface area (Å²) in [5.74, 6) is -0.167. The second-order valence-electron chi connectivity index (χ2n) is 7.81. The number of nitrogens with zero attached hydrogens (tertiary/aromatic N) is 1. The van der Waals surface area contributed by atoms with Gasteiger partial charge in [-0.25, -0.2) is 4.79 Å². The van der Waals surface area contributed by atoms with Crippen LogP contribution in [-0.4, -0.2) is 48.4 Å². The third-order valence-corrected chi connectivity index (χ3v) is 6.08. The van der Waals surface area contributed by atoms with E-state index in [2.05, 4.69) is 0 Å². The second-order valence-corrected chi connectivity index (χ2v) is 8.25. The number of rotatable bonds is 2. The Bertz CT molecular complexity index is 1040. The van der Waals surface area contributed by atoms with Gasteiger partial charge in [-0.05, 0) is 36.8 Å². The zero-order valence-electron chi connectivity index (χ0n) is 16.9. The number of piperidine rings is 1. The van der Waals surface area contributed by atoms with E-state index in [0.717, 1.165) is 5.56 Å². The lowest BCUT2D eigenvalue weighted by Crippen LogP contribution is -2.52. The number of fused-ring (bicyclic) bond motifs is 1. The highest BCUT2D eigenvalue weighted by molar-refractivity contribution is 6.31. The van der Waals surface area contributed by atoms with E-state index in [9.17, 15) is 14.4 Å². The number of Topliss-reactive ketones (excluding diaryl/α,β-unsaturated/α-hetero) is 1. The molecule has 6 nitrogen and oxygen atoms in total. The summed E-state index contributed by atoms with van der Waals surface area (Å²) >= 11 is 6.10. The molecule has 0 atom stereocenters. The van der Waals surface area contributed by atoms with Gasteiger partial charge in [0.2, 0.25) is 0 Å². The van der Waals surface area contributed by atoms with Gasteiger partial charge in [0.1, 0.15) is 11.4 Å². The third-order valence-electron chi connectivity index (χ3n) is 5.87. The lowest BCUT2D eigenvalue weighted by atomic mass is 9.82. The van der Waals surface area contributed by atoms with Gasteiger partial charge in [-0.2, -0.15) is 0 Å². The Balaban J connectivity index is 1.53. The van der Waals surface area contributed by atoms with Crippen molar-refractivity contribution in [3.8, 4) is 5.75 Å². The SMILES string of the molecule is COC(=O)c1ccccc1C(=O)N1CCC2(CC1)CC(=O)c1cc(Cl)cc(C)c1O2. The zero-order chi connectivity index (χ0) is 21.5. The molecule has 7 heteroatoms. The van der Waals surface area contributed by atoms with Crippen molar-refractivity contribution in [1.82, 2.24) is 4.90 Å². The van der Waals surface area contributed by atoms with E-state index in [-0.39, 0.29) is 23.7 Å². The molecular formula is C23H22ClNO5. The Hall–Kier alpha value is -2.86. The molecule has 1 fully saturated rings. The molecule has 2 aromatic carbocycles. The fourth-order valence-corrected chi connectivity index (χ4v) is 4.51. The number of carbonyl (C=O) groups is 3. The lowest BCUT2D eigenvalue weighted by Gasteiger charge is -2.44. The van der Waals surface area contributed by atoms with E-state index in [4.69, 9.17) is 21.1 Å². The van der Waals surface area contributed by atoms with Gasteiger partial charge in [-0.1, -0.05) is 23.7 Å². The molecule has 0 aromatic heterocycles. The van der Waals surface area contributed by atoms with Crippen LogP contribution in [0.1, 0.15) is 55.9 Å². The first-order valence-electron chi connectivity index (χ1n) is 9.82. The van der Waals surface area contributed by atoms with E-state index in [1.54, 1.807) is 41.3 Å². The van der Waals surface area contributed by atoms with Gasteiger partial charge in [-0.3, -0.25) is 9.59 Å². The van der Waals surface area contributed by atoms with Crippen LogP contribution in [0.25, 0.3) is 0 Å². The molecule has 0 radical (unpaired) electrons. The number of amides is 1. The van der Waals surface area contributed by atoms with E-state index in [1.165, 1.54) is 7.11 Å². The van der Waals surface area contributed by atoms with Gasteiger partial charge in [0, 0.05) is 31.0 Å². The normalized spacial score (nSPS) is 17.3. The van der Waals surface area contributed by atoms with Crippen LogP contribution in [0.3, 0.4) is 0 Å². The molecule has 4 rings (SSSR count). The van der Waals surface area contributed by atoms with Crippen molar-refractivity contribution in [2.24, 2.45) is 0 Å². The number of halogens is 1. The number of aryl methyl sites for hydroxylation is 1. The second kappa shape index (κ2) is 7.76. The zero-order valence-corrected chi connectivity index (χ0v) is 17.6. The fraction of sp³-hybridized carbons (Fsp3) is 0.348. The summed E-state index contributed by atoms with van der Waals surface area (Å²) in [6, 6.07) is 10.1. The highest BCUT2D eigenvalue weighted by Gasteiger charge is 2.44. The fourth-order valence-electron chi connectivity index (χ4n) is 4.24. The summed E-state index contributed by atoms with van der Waals surface area (Å²) in [5, 5.41) is 0.517. The predicted octanol–water partition coefficient (Wildman–Crippen LogP) is 4.08. The molecule has 0 unspecified atom stereocenters. The van der Waals surface area contributed by atoms with E-state index < -0.39 is 11.6 Å². The number of methoxy groups -OCH3 is 1. The Morgan fingerprint density at radius 1 is 1.13 bits per heavy atom. The molecular weight excluding hydrogens is 406 g/mol. The molecule has 156 valence electrons. The van der Waals surface area contributed by atoms with E-state index in [0.29, 0.717) is 47.8 Å². The van der Waals surface area contributed by atoms with Crippen molar-refractivity contribution in [3.05, 3.63) is 63.7 Å². The number of hydrogen-bond acceptors (Lipinski definition) is 5. The minimum Gasteiger partial charge on any atom is -0.486 e. The van der Waals surface area contributed by atoms with Crippen molar-refractivity contribution < 1.29 is 23.9 Å². The number of ether oxygens (including phenoxy) is 2. The molecule has 1 saturated heterocycles. The molecule has 0 bridgehead atoms. The summed E-state index contributed by atoms with van der Waals surface area (Å²) in [7, 11) is 1.29. The standard InChI is InChI=1S/C23H22ClNO5/c1-14-11-15(24)12-18-19(26)13-23(30-20(14)18)7-9-25(10-8-23)21(27)16-5-3-4-6-17(16)22(28)29-2/h3-6,11-12H,7-10,13H2,1-2H3. The van der Waals surface area contributed by atoms with Crippen molar-refractivity contribution in [2.45, 2.75) is 31.8 Å². The van der Waals surface area contributed by atoms with Gasteiger partial charge in [0.25, 0.3) is 5.91 Å². The Morgan fingerprint density at radius 2 is 1.80 bits per heavy atom. The highest BCUT2D eigenvalue weighted by atomic mass is 35.5. The highest BCUT2D eigenvalue weighted by Crippen LogP contribution is 2.42. The molecule has 0 aliphatic carbocycles. The number of carbonyl (C=O) groups excluding carboxylic acids is 3. The minimum atomic E-state index is -0.624. The first-order chi connectivity index (χ1) is 14.3.